The number of alkyl halides is 3. The number of nitrogens with zero attached hydrogens (tertiary/aromatic N) is 3. The molecule has 5 rings (SSSR count). The summed E-state index contributed by atoms with van der Waals surface area (Å²) in [6.45, 7) is 4.81. The lowest BCUT2D eigenvalue weighted by Gasteiger charge is -2.34. The molecule has 4 aromatic rings. The molecule has 1 aliphatic heterocycles. The van der Waals surface area contributed by atoms with E-state index in [4.69, 9.17) is 0 Å². The molecule has 41 heavy (non-hydrogen) atoms. The van der Waals surface area contributed by atoms with Gasteiger partial charge in [0, 0.05) is 43.2 Å². The van der Waals surface area contributed by atoms with Crippen LogP contribution in [0.2, 0.25) is 0 Å². The average molecular weight is 565 g/mol. The summed E-state index contributed by atoms with van der Waals surface area (Å²) in [5.41, 5.74) is 3.87. The minimum Gasteiger partial charge on any atom is -0.335 e. The fraction of sp³-hybridized carbons (Fsp3) is 0.226. The first-order chi connectivity index (χ1) is 19.5. The Morgan fingerprint density at radius 1 is 0.805 bits per heavy atom. The van der Waals surface area contributed by atoms with E-state index in [1.807, 2.05) is 42.7 Å². The lowest BCUT2D eigenvalue weighted by molar-refractivity contribution is -0.137. The van der Waals surface area contributed by atoms with Gasteiger partial charge in [-0.1, -0.05) is 23.8 Å². The molecule has 1 fully saturated rings. The molecule has 1 aromatic heterocycles. The molecule has 0 bridgehead atoms. The Balaban J connectivity index is 1.33. The van der Waals surface area contributed by atoms with Gasteiger partial charge >= 0.3 is 12.2 Å². The molecule has 0 saturated carbocycles. The number of amides is 3. The molecule has 0 aliphatic carbocycles. The SMILES string of the molecule is Cc1ccc(-n2c(-c3ccc(F)cc3)cc(C(=O)N3CCN(C(=O)Nc4cccc(C(F)(F)F)c4)CC3)c2C)cc1. The number of benzene rings is 3. The molecule has 6 nitrogen and oxygen atoms in total. The van der Waals surface area contributed by atoms with E-state index in [0.717, 1.165) is 40.3 Å². The fourth-order valence-electron chi connectivity index (χ4n) is 4.94. The molecule has 1 saturated heterocycles. The molecule has 0 unspecified atom stereocenters. The van der Waals surface area contributed by atoms with E-state index in [9.17, 15) is 27.2 Å². The maximum atomic E-state index is 13.7. The molecular formula is C31H28F4N4O2. The number of urea groups is 1. The quantitative estimate of drug-likeness (QED) is 0.274. The van der Waals surface area contributed by atoms with Gasteiger partial charge in [0.1, 0.15) is 5.82 Å². The van der Waals surface area contributed by atoms with Crippen LogP contribution in [0.3, 0.4) is 0 Å². The largest absolute Gasteiger partial charge is 0.416 e. The second kappa shape index (κ2) is 11.1. The van der Waals surface area contributed by atoms with Crippen LogP contribution >= 0.6 is 0 Å². The molecule has 2 heterocycles. The monoisotopic (exact) mass is 564 g/mol. The topological polar surface area (TPSA) is 57.6 Å². The van der Waals surface area contributed by atoms with E-state index in [-0.39, 0.29) is 43.6 Å². The Hall–Kier alpha value is -4.60. The number of carbonyl (C=O) groups excluding carboxylic acids is 2. The number of nitrogens with one attached hydrogen (secondary N) is 1. The molecular weight excluding hydrogens is 536 g/mol. The summed E-state index contributed by atoms with van der Waals surface area (Å²) in [6.07, 6.45) is -4.51. The molecule has 212 valence electrons. The summed E-state index contributed by atoms with van der Waals surface area (Å²) in [5.74, 6) is -0.556. The Bertz CT molecular complexity index is 1570. The van der Waals surface area contributed by atoms with E-state index in [1.54, 1.807) is 23.1 Å². The van der Waals surface area contributed by atoms with E-state index >= 15 is 0 Å². The number of anilines is 1. The van der Waals surface area contributed by atoms with E-state index < -0.39 is 17.8 Å². The van der Waals surface area contributed by atoms with Crippen molar-refractivity contribution < 1.29 is 27.2 Å². The number of aryl methyl sites for hydroxylation is 1. The van der Waals surface area contributed by atoms with Crippen molar-refractivity contribution in [3.05, 3.63) is 107 Å². The zero-order valence-electron chi connectivity index (χ0n) is 22.5. The molecule has 0 spiro atoms. The lowest BCUT2D eigenvalue weighted by Crippen LogP contribution is -2.51. The minimum atomic E-state index is -4.51. The predicted octanol–water partition coefficient (Wildman–Crippen LogP) is 6.91. The first kappa shape index (κ1) is 27.9. The molecule has 1 N–H and O–H groups in total. The van der Waals surface area contributed by atoms with Gasteiger partial charge in [-0.2, -0.15) is 13.2 Å². The highest BCUT2D eigenvalue weighted by atomic mass is 19.4. The first-order valence-corrected chi connectivity index (χ1v) is 13.1. The Kier molecular flexibility index (Phi) is 7.57. The van der Waals surface area contributed by atoms with Gasteiger partial charge in [-0.3, -0.25) is 4.79 Å². The normalized spacial score (nSPS) is 13.8. The number of piperazine rings is 1. The number of rotatable bonds is 4. The van der Waals surface area contributed by atoms with Crippen molar-refractivity contribution in [1.82, 2.24) is 14.4 Å². The molecule has 1 aliphatic rings. The van der Waals surface area contributed by atoms with Gasteiger partial charge in [0.25, 0.3) is 5.91 Å². The third kappa shape index (κ3) is 5.96. The fourth-order valence-corrected chi connectivity index (χ4v) is 4.94. The number of hydrogen-bond donors (Lipinski definition) is 1. The average Bonchev–Trinajstić information content (AvgIpc) is 3.30. The van der Waals surface area contributed by atoms with Crippen molar-refractivity contribution in [2.75, 3.05) is 31.5 Å². The molecule has 0 atom stereocenters. The van der Waals surface area contributed by atoms with Crippen LogP contribution in [0.15, 0.2) is 78.9 Å². The summed E-state index contributed by atoms with van der Waals surface area (Å²) in [5, 5.41) is 2.52. The van der Waals surface area contributed by atoms with Crippen LogP contribution in [0.1, 0.15) is 27.2 Å². The van der Waals surface area contributed by atoms with Gasteiger partial charge in [0.15, 0.2) is 0 Å². The van der Waals surface area contributed by atoms with Crippen LogP contribution in [0, 0.1) is 19.7 Å². The highest BCUT2D eigenvalue weighted by molar-refractivity contribution is 5.97. The Morgan fingerprint density at radius 3 is 2.07 bits per heavy atom. The summed E-state index contributed by atoms with van der Waals surface area (Å²) in [7, 11) is 0. The van der Waals surface area contributed by atoms with Gasteiger partial charge in [-0.05, 0) is 80.1 Å². The van der Waals surface area contributed by atoms with Crippen molar-refractivity contribution in [3.8, 4) is 16.9 Å². The van der Waals surface area contributed by atoms with Gasteiger partial charge in [-0.25, -0.2) is 9.18 Å². The van der Waals surface area contributed by atoms with Crippen LogP contribution < -0.4 is 5.32 Å². The Labute approximate surface area is 234 Å². The molecule has 3 aromatic carbocycles. The zero-order chi connectivity index (χ0) is 29.3. The van der Waals surface area contributed by atoms with Gasteiger partial charge in [0.2, 0.25) is 0 Å². The maximum absolute atomic E-state index is 13.7. The van der Waals surface area contributed by atoms with Crippen molar-refractivity contribution in [1.29, 1.82) is 0 Å². The zero-order valence-corrected chi connectivity index (χ0v) is 22.5. The number of halogens is 4. The van der Waals surface area contributed by atoms with Crippen molar-refractivity contribution >= 4 is 17.6 Å². The minimum absolute atomic E-state index is 0.0460. The van der Waals surface area contributed by atoms with Gasteiger partial charge in [-0.15, -0.1) is 0 Å². The summed E-state index contributed by atoms with van der Waals surface area (Å²) in [4.78, 5) is 29.5. The smallest absolute Gasteiger partial charge is 0.335 e. The van der Waals surface area contributed by atoms with Gasteiger partial charge in [0.05, 0.1) is 16.8 Å². The lowest BCUT2D eigenvalue weighted by atomic mass is 10.1. The summed E-state index contributed by atoms with van der Waals surface area (Å²) in [6, 6.07) is 19.7. The van der Waals surface area contributed by atoms with Crippen molar-refractivity contribution in [2.45, 2.75) is 20.0 Å². The van der Waals surface area contributed by atoms with E-state index in [2.05, 4.69) is 5.32 Å². The summed E-state index contributed by atoms with van der Waals surface area (Å²) < 4.78 is 54.7. The van der Waals surface area contributed by atoms with Gasteiger partial charge < -0.3 is 19.7 Å². The molecule has 3 amide bonds. The third-order valence-electron chi connectivity index (χ3n) is 7.20. The maximum Gasteiger partial charge on any atom is 0.416 e. The summed E-state index contributed by atoms with van der Waals surface area (Å²) >= 11 is 0. The number of aromatic nitrogens is 1. The van der Waals surface area contributed by atoms with E-state index in [0.29, 0.717) is 5.56 Å². The highest BCUT2D eigenvalue weighted by Crippen LogP contribution is 2.32. The predicted molar refractivity (Wildman–Crippen MR) is 149 cm³/mol. The second-order valence-corrected chi connectivity index (χ2v) is 9.99. The van der Waals surface area contributed by atoms with E-state index in [1.165, 1.54) is 29.2 Å². The van der Waals surface area contributed by atoms with Crippen LogP contribution in [-0.4, -0.2) is 52.5 Å². The van der Waals surface area contributed by atoms with Crippen molar-refractivity contribution in [2.24, 2.45) is 0 Å². The number of carbonyl (C=O) groups is 2. The van der Waals surface area contributed by atoms with Crippen molar-refractivity contribution in [3.63, 3.8) is 0 Å². The molecule has 10 heteroatoms. The Morgan fingerprint density at radius 2 is 1.44 bits per heavy atom. The highest BCUT2D eigenvalue weighted by Gasteiger charge is 2.31. The second-order valence-electron chi connectivity index (χ2n) is 9.99. The van der Waals surface area contributed by atoms with Crippen LogP contribution in [0.25, 0.3) is 16.9 Å². The first-order valence-electron chi connectivity index (χ1n) is 13.1. The number of hydrogen-bond acceptors (Lipinski definition) is 2. The standard InChI is InChI=1S/C31H28F4N4O2/c1-20-6-12-26(13-7-20)39-21(2)27(19-28(39)22-8-10-24(32)11-9-22)29(40)37-14-16-38(17-15-37)30(41)36-25-5-3-4-23(18-25)31(33,34)35/h3-13,18-19H,14-17H2,1-2H3,(H,36,41). The van der Waals surface area contributed by atoms with Crippen LogP contribution in [0.5, 0.6) is 0 Å². The third-order valence-corrected chi connectivity index (χ3v) is 7.20. The van der Waals surface area contributed by atoms with Crippen LogP contribution in [0.4, 0.5) is 28.0 Å². The van der Waals surface area contributed by atoms with Crippen LogP contribution in [-0.2, 0) is 6.18 Å². The molecule has 0 radical (unpaired) electrons.